The summed E-state index contributed by atoms with van der Waals surface area (Å²) in [6.07, 6.45) is 0.807. The minimum Gasteiger partial charge on any atom is -0.354 e. The molecule has 112 valence electrons. The molecule has 1 heterocycles. The van der Waals surface area contributed by atoms with Crippen LogP contribution < -0.4 is 0 Å². The van der Waals surface area contributed by atoms with Crippen molar-refractivity contribution >= 4 is 11.8 Å². The Hall–Kier alpha value is -1.44. The molecule has 0 aliphatic heterocycles. The summed E-state index contributed by atoms with van der Waals surface area (Å²) in [6, 6.07) is 8.60. The van der Waals surface area contributed by atoms with Crippen molar-refractivity contribution in [3.8, 4) is 0 Å². The fourth-order valence-corrected chi connectivity index (χ4v) is 3.49. The van der Waals surface area contributed by atoms with Crippen LogP contribution in [0.5, 0.6) is 0 Å². The van der Waals surface area contributed by atoms with Crippen LogP contribution >= 0.6 is 11.8 Å². The first kappa shape index (κ1) is 14.5. The van der Waals surface area contributed by atoms with Crippen LogP contribution in [0.2, 0.25) is 0 Å². The SMILES string of the molecule is COC(Cn1nnnc1SCC1Cc2ccccc21)OC. The molecule has 1 unspecified atom stereocenters. The van der Waals surface area contributed by atoms with Gasteiger partial charge in [0.1, 0.15) is 0 Å². The first-order chi connectivity index (χ1) is 10.3. The fraction of sp³-hybridized carbons (Fsp3) is 0.500. The van der Waals surface area contributed by atoms with E-state index in [9.17, 15) is 0 Å². The first-order valence-electron chi connectivity index (χ1n) is 6.84. The number of aromatic nitrogens is 4. The van der Waals surface area contributed by atoms with Crippen LogP contribution in [0.4, 0.5) is 0 Å². The Bertz CT molecular complexity index is 600. The van der Waals surface area contributed by atoms with Gasteiger partial charge >= 0.3 is 0 Å². The average Bonchev–Trinajstić information content (AvgIpc) is 2.93. The molecule has 3 rings (SSSR count). The molecule has 7 heteroatoms. The zero-order chi connectivity index (χ0) is 14.7. The molecule has 1 aliphatic rings. The van der Waals surface area contributed by atoms with E-state index in [2.05, 4.69) is 39.8 Å². The minimum atomic E-state index is -0.336. The van der Waals surface area contributed by atoms with Gasteiger partial charge in [-0.25, -0.2) is 4.68 Å². The Kier molecular flexibility index (Phi) is 4.52. The molecule has 0 N–H and O–H groups in total. The van der Waals surface area contributed by atoms with Crippen LogP contribution in [-0.4, -0.2) is 46.5 Å². The van der Waals surface area contributed by atoms with Gasteiger partial charge in [0.2, 0.25) is 5.16 Å². The maximum Gasteiger partial charge on any atom is 0.209 e. The van der Waals surface area contributed by atoms with E-state index in [0.29, 0.717) is 12.5 Å². The van der Waals surface area contributed by atoms with Crippen LogP contribution in [-0.2, 0) is 22.4 Å². The Labute approximate surface area is 127 Å². The maximum atomic E-state index is 5.18. The van der Waals surface area contributed by atoms with E-state index in [4.69, 9.17) is 9.47 Å². The first-order valence-corrected chi connectivity index (χ1v) is 7.82. The molecule has 1 aromatic carbocycles. The summed E-state index contributed by atoms with van der Waals surface area (Å²) in [5.41, 5.74) is 2.91. The van der Waals surface area contributed by atoms with Crippen molar-refractivity contribution in [2.75, 3.05) is 20.0 Å². The van der Waals surface area contributed by atoms with Crippen LogP contribution in [0.3, 0.4) is 0 Å². The van der Waals surface area contributed by atoms with Gasteiger partial charge < -0.3 is 9.47 Å². The van der Waals surface area contributed by atoms with Gasteiger partial charge in [-0.15, -0.1) is 5.10 Å². The standard InChI is InChI=1S/C14H18N4O2S/c1-19-13(20-2)8-18-14(15-16-17-18)21-9-11-7-10-5-3-4-6-12(10)11/h3-6,11,13H,7-9H2,1-2H3. The summed E-state index contributed by atoms with van der Waals surface area (Å²) in [5, 5.41) is 12.6. The second-order valence-electron chi connectivity index (χ2n) is 4.96. The number of hydrogen-bond acceptors (Lipinski definition) is 6. The Morgan fingerprint density at radius 3 is 2.90 bits per heavy atom. The Morgan fingerprint density at radius 2 is 2.14 bits per heavy atom. The van der Waals surface area contributed by atoms with Crippen molar-refractivity contribution in [2.45, 2.75) is 30.3 Å². The van der Waals surface area contributed by atoms with E-state index in [1.807, 2.05) is 0 Å². The summed E-state index contributed by atoms with van der Waals surface area (Å²) < 4.78 is 12.1. The predicted octanol–water partition coefficient (Wildman–Crippen LogP) is 1.72. The van der Waals surface area contributed by atoms with Gasteiger partial charge in [-0.2, -0.15) is 0 Å². The summed E-state index contributed by atoms with van der Waals surface area (Å²) in [5.74, 6) is 1.58. The molecule has 0 amide bonds. The Balaban J connectivity index is 1.58. The average molecular weight is 306 g/mol. The van der Waals surface area contributed by atoms with Gasteiger partial charge in [-0.1, -0.05) is 36.0 Å². The second-order valence-corrected chi connectivity index (χ2v) is 5.94. The number of benzene rings is 1. The number of rotatable bonds is 7. The van der Waals surface area contributed by atoms with Crippen molar-refractivity contribution in [1.82, 2.24) is 20.2 Å². The molecule has 0 spiro atoms. The molecule has 21 heavy (non-hydrogen) atoms. The van der Waals surface area contributed by atoms with E-state index in [0.717, 1.165) is 17.3 Å². The zero-order valence-electron chi connectivity index (χ0n) is 12.1. The van der Waals surface area contributed by atoms with Crippen LogP contribution in [0.15, 0.2) is 29.4 Å². The minimum absolute atomic E-state index is 0.336. The number of hydrogen-bond donors (Lipinski definition) is 0. The highest BCUT2D eigenvalue weighted by Gasteiger charge is 2.26. The Morgan fingerprint density at radius 1 is 1.33 bits per heavy atom. The van der Waals surface area contributed by atoms with Crippen molar-refractivity contribution < 1.29 is 9.47 Å². The van der Waals surface area contributed by atoms with Gasteiger partial charge in [0.25, 0.3) is 0 Å². The molecule has 0 saturated heterocycles. The van der Waals surface area contributed by atoms with Gasteiger partial charge in [-0.3, -0.25) is 0 Å². The highest BCUT2D eigenvalue weighted by atomic mass is 32.2. The summed E-state index contributed by atoms with van der Waals surface area (Å²) in [7, 11) is 3.22. The molecule has 0 bridgehead atoms. The van der Waals surface area contributed by atoms with Crippen LogP contribution in [0.1, 0.15) is 17.0 Å². The third-order valence-corrected chi connectivity index (χ3v) is 4.84. The number of fused-ring (bicyclic) bond motifs is 1. The number of methoxy groups -OCH3 is 2. The van der Waals surface area contributed by atoms with E-state index >= 15 is 0 Å². The predicted molar refractivity (Wildman–Crippen MR) is 79.2 cm³/mol. The molecule has 2 aromatic rings. The van der Waals surface area contributed by atoms with Crippen molar-refractivity contribution in [3.63, 3.8) is 0 Å². The molecular weight excluding hydrogens is 288 g/mol. The molecular formula is C14H18N4O2S. The lowest BCUT2D eigenvalue weighted by Gasteiger charge is -2.29. The molecule has 0 fully saturated rings. The second kappa shape index (κ2) is 6.55. The molecule has 6 nitrogen and oxygen atoms in total. The molecule has 0 radical (unpaired) electrons. The van der Waals surface area contributed by atoms with Crippen molar-refractivity contribution in [1.29, 1.82) is 0 Å². The lowest BCUT2D eigenvalue weighted by atomic mass is 9.79. The van der Waals surface area contributed by atoms with Crippen LogP contribution in [0.25, 0.3) is 0 Å². The van der Waals surface area contributed by atoms with Gasteiger partial charge in [0.05, 0.1) is 6.54 Å². The maximum absolute atomic E-state index is 5.18. The van der Waals surface area contributed by atoms with Crippen molar-refractivity contribution in [3.05, 3.63) is 35.4 Å². The number of ether oxygens (including phenoxy) is 2. The van der Waals surface area contributed by atoms with E-state index in [-0.39, 0.29) is 6.29 Å². The summed E-state index contributed by atoms with van der Waals surface area (Å²) >= 11 is 1.68. The van der Waals surface area contributed by atoms with Gasteiger partial charge in [0, 0.05) is 20.0 Å². The monoisotopic (exact) mass is 306 g/mol. The largest absolute Gasteiger partial charge is 0.354 e. The van der Waals surface area contributed by atoms with Crippen LogP contribution in [0, 0.1) is 0 Å². The van der Waals surface area contributed by atoms with Gasteiger partial charge in [0.15, 0.2) is 6.29 Å². The third-order valence-electron chi connectivity index (χ3n) is 3.72. The zero-order valence-corrected chi connectivity index (χ0v) is 12.9. The number of nitrogens with zero attached hydrogens (tertiary/aromatic N) is 4. The normalized spacial score (nSPS) is 16.8. The molecule has 1 aliphatic carbocycles. The summed E-state index contributed by atoms with van der Waals surface area (Å²) in [6.45, 7) is 0.490. The summed E-state index contributed by atoms with van der Waals surface area (Å²) in [4.78, 5) is 0. The van der Waals surface area contributed by atoms with Gasteiger partial charge in [-0.05, 0) is 33.9 Å². The highest BCUT2D eigenvalue weighted by molar-refractivity contribution is 7.99. The van der Waals surface area contributed by atoms with E-state index < -0.39 is 0 Å². The lowest BCUT2D eigenvalue weighted by Crippen LogP contribution is -2.22. The number of thioether (sulfide) groups is 1. The van der Waals surface area contributed by atoms with Crippen molar-refractivity contribution in [2.24, 2.45) is 0 Å². The smallest absolute Gasteiger partial charge is 0.209 e. The molecule has 0 saturated carbocycles. The number of tetrazole rings is 1. The quantitative estimate of drug-likeness (QED) is 0.573. The third kappa shape index (κ3) is 3.09. The van der Waals surface area contributed by atoms with E-state index in [1.54, 1.807) is 30.7 Å². The molecule has 1 aromatic heterocycles. The highest BCUT2D eigenvalue weighted by Crippen LogP contribution is 2.38. The van der Waals surface area contributed by atoms with E-state index in [1.165, 1.54) is 11.1 Å². The topological polar surface area (TPSA) is 62.1 Å². The molecule has 1 atom stereocenters. The fourth-order valence-electron chi connectivity index (χ4n) is 2.49. The lowest BCUT2D eigenvalue weighted by molar-refractivity contribution is -0.113.